The minimum Gasteiger partial charge on any atom is -0.478 e. The maximum Gasteiger partial charge on any atom is 0.360 e. The van der Waals surface area contributed by atoms with Crippen molar-refractivity contribution in [2.45, 2.75) is 13.2 Å². The molecule has 0 spiro atoms. The lowest BCUT2D eigenvalue weighted by atomic mass is 10.1. The highest BCUT2D eigenvalue weighted by molar-refractivity contribution is 7.16. The number of thiazole rings is 1. The van der Waals surface area contributed by atoms with Crippen LogP contribution in [0.3, 0.4) is 0 Å². The summed E-state index contributed by atoms with van der Waals surface area (Å²) in [5, 5.41) is 9.00. The fraction of sp³-hybridized carbons (Fsp3) is 0.118. The van der Waals surface area contributed by atoms with Crippen molar-refractivity contribution in [1.82, 2.24) is 4.57 Å². The van der Waals surface area contributed by atoms with Gasteiger partial charge in [-0.05, 0) is 31.2 Å². The van der Waals surface area contributed by atoms with Gasteiger partial charge in [-0.15, -0.1) is 0 Å². The maximum atomic E-state index is 14.2. The van der Waals surface area contributed by atoms with Gasteiger partial charge in [0, 0.05) is 5.56 Å². The third-order valence-electron chi connectivity index (χ3n) is 3.46. The van der Waals surface area contributed by atoms with E-state index in [1.807, 2.05) is 6.92 Å². The monoisotopic (exact) mass is 344 g/mol. The molecule has 1 atom stereocenters. The van der Waals surface area contributed by atoms with Crippen LogP contribution in [-0.4, -0.2) is 21.6 Å². The van der Waals surface area contributed by atoms with Gasteiger partial charge in [0.1, 0.15) is 0 Å². The average Bonchev–Trinajstić information content (AvgIpc) is 2.92. The van der Waals surface area contributed by atoms with Crippen molar-refractivity contribution in [1.29, 1.82) is 0 Å². The predicted molar refractivity (Wildman–Crippen MR) is 88.7 cm³/mol. The van der Waals surface area contributed by atoms with E-state index in [0.717, 1.165) is 21.5 Å². The van der Waals surface area contributed by atoms with E-state index in [-0.39, 0.29) is 4.80 Å². The van der Waals surface area contributed by atoms with Crippen molar-refractivity contribution in [3.63, 3.8) is 0 Å². The van der Waals surface area contributed by atoms with Gasteiger partial charge in [0.15, 0.2) is 4.80 Å². The lowest BCUT2D eigenvalue weighted by molar-refractivity contribution is -0.146. The number of amides is 1. The summed E-state index contributed by atoms with van der Waals surface area (Å²) in [5.41, 5.74) is 1.74. The van der Waals surface area contributed by atoms with Gasteiger partial charge in [0.25, 0.3) is 12.2 Å². The Balaban J connectivity index is 2.17. The Kier molecular flexibility index (Phi) is 4.26. The summed E-state index contributed by atoms with van der Waals surface area (Å²) in [6, 6.07) is 13.5. The molecule has 1 amide bonds. The number of aromatic nitrogens is 1. The molecule has 24 heavy (non-hydrogen) atoms. The predicted octanol–water partition coefficient (Wildman–Crippen LogP) is 3.31. The molecule has 0 radical (unpaired) electrons. The summed E-state index contributed by atoms with van der Waals surface area (Å²) in [7, 11) is 0. The van der Waals surface area contributed by atoms with Gasteiger partial charge >= 0.3 is 5.97 Å². The fourth-order valence-electron chi connectivity index (χ4n) is 2.25. The van der Waals surface area contributed by atoms with Crippen molar-refractivity contribution < 1.29 is 19.1 Å². The number of alkyl halides is 1. The molecular formula is C17H13FN2O3S. The summed E-state index contributed by atoms with van der Waals surface area (Å²) in [5.74, 6) is -2.18. The molecule has 0 aliphatic carbocycles. The molecule has 5 nitrogen and oxygen atoms in total. The first kappa shape index (κ1) is 16.1. The van der Waals surface area contributed by atoms with Crippen LogP contribution in [0.25, 0.3) is 10.2 Å². The van der Waals surface area contributed by atoms with Crippen molar-refractivity contribution in [2.75, 3.05) is 0 Å². The maximum absolute atomic E-state index is 14.2. The number of nitrogens with zero attached hydrogens (tertiary/aromatic N) is 2. The first-order chi connectivity index (χ1) is 11.5. The molecule has 7 heteroatoms. The molecule has 0 aliphatic rings. The number of aryl methyl sites for hydroxylation is 1. The number of halogens is 1. The molecule has 0 bridgehead atoms. The van der Waals surface area contributed by atoms with Crippen LogP contribution < -0.4 is 4.80 Å². The van der Waals surface area contributed by atoms with Crippen molar-refractivity contribution >= 4 is 33.4 Å². The van der Waals surface area contributed by atoms with Gasteiger partial charge in [-0.2, -0.15) is 4.99 Å². The molecule has 0 aliphatic heterocycles. The van der Waals surface area contributed by atoms with E-state index in [2.05, 4.69) is 4.99 Å². The van der Waals surface area contributed by atoms with Crippen LogP contribution in [0.4, 0.5) is 4.39 Å². The Morgan fingerprint density at radius 1 is 1.17 bits per heavy atom. The Morgan fingerprint density at radius 3 is 2.50 bits per heavy atom. The second-order valence-electron chi connectivity index (χ2n) is 5.18. The number of hydrogen-bond acceptors (Lipinski definition) is 3. The summed E-state index contributed by atoms with van der Waals surface area (Å²) < 4.78 is 15.8. The molecule has 122 valence electrons. The molecule has 1 aromatic heterocycles. The summed E-state index contributed by atoms with van der Waals surface area (Å²) in [6.07, 6.45) is -2.31. The summed E-state index contributed by atoms with van der Waals surface area (Å²) in [6.45, 7) is 1.89. The molecule has 2 aromatic carbocycles. The first-order valence-corrected chi connectivity index (χ1v) is 7.91. The van der Waals surface area contributed by atoms with Gasteiger partial charge in [-0.3, -0.25) is 9.36 Å². The fourth-order valence-corrected chi connectivity index (χ4v) is 3.28. The van der Waals surface area contributed by atoms with Gasteiger partial charge in [0.2, 0.25) is 0 Å². The second-order valence-corrected chi connectivity index (χ2v) is 6.19. The van der Waals surface area contributed by atoms with Gasteiger partial charge < -0.3 is 5.11 Å². The van der Waals surface area contributed by atoms with Gasteiger partial charge in [-0.1, -0.05) is 41.2 Å². The Morgan fingerprint density at radius 2 is 1.83 bits per heavy atom. The molecule has 0 saturated carbocycles. The van der Waals surface area contributed by atoms with Crippen molar-refractivity contribution in [3.8, 4) is 0 Å². The highest BCUT2D eigenvalue weighted by atomic mass is 32.1. The van der Waals surface area contributed by atoms with E-state index >= 15 is 0 Å². The zero-order valence-electron chi connectivity index (χ0n) is 12.6. The molecular weight excluding hydrogens is 331 g/mol. The van der Waals surface area contributed by atoms with Crippen molar-refractivity contribution in [2.24, 2.45) is 4.99 Å². The second kappa shape index (κ2) is 6.37. The number of para-hydroxylation sites is 1. The van der Waals surface area contributed by atoms with E-state index in [1.165, 1.54) is 0 Å². The van der Waals surface area contributed by atoms with Gasteiger partial charge in [0.05, 0.1) is 10.2 Å². The lowest BCUT2D eigenvalue weighted by Crippen LogP contribution is -2.24. The third-order valence-corrected chi connectivity index (χ3v) is 4.49. The van der Waals surface area contributed by atoms with E-state index in [9.17, 15) is 14.0 Å². The Bertz CT molecular complexity index is 989. The molecule has 1 heterocycles. The van der Waals surface area contributed by atoms with Crippen LogP contribution in [0.2, 0.25) is 0 Å². The molecule has 1 N–H and O–H groups in total. The number of aliphatic carboxylic acids is 1. The summed E-state index contributed by atoms with van der Waals surface area (Å²) >= 11 is 1.07. The van der Waals surface area contributed by atoms with Crippen LogP contribution in [0.5, 0.6) is 0 Å². The summed E-state index contributed by atoms with van der Waals surface area (Å²) in [4.78, 5) is 27.3. The van der Waals surface area contributed by atoms with Crippen LogP contribution in [-0.2, 0) is 4.79 Å². The SMILES string of the molecule is Cc1ccc(C(=O)/N=c2\sc3ccccc3n2C(F)C(=O)O)cc1. The average molecular weight is 344 g/mol. The minimum absolute atomic E-state index is 0.0108. The number of benzene rings is 2. The topological polar surface area (TPSA) is 71.7 Å². The number of fused-ring (bicyclic) bond motifs is 1. The van der Waals surface area contributed by atoms with Crippen molar-refractivity contribution in [3.05, 3.63) is 64.5 Å². The molecule has 3 aromatic rings. The molecule has 0 saturated heterocycles. The quantitative estimate of drug-likeness (QED) is 0.792. The zero-order chi connectivity index (χ0) is 17.3. The van der Waals surface area contributed by atoms with Crippen LogP contribution >= 0.6 is 11.3 Å². The first-order valence-electron chi connectivity index (χ1n) is 7.10. The zero-order valence-corrected chi connectivity index (χ0v) is 13.5. The minimum atomic E-state index is -2.31. The van der Waals surface area contributed by atoms with Crippen LogP contribution in [0.15, 0.2) is 53.5 Å². The number of hydrogen-bond donors (Lipinski definition) is 1. The number of carbonyl (C=O) groups excluding carboxylic acids is 1. The standard InChI is InChI=1S/C17H13FN2O3S/c1-10-6-8-11(9-7-10)15(21)19-17-20(14(18)16(22)23)12-4-2-3-5-13(12)24-17/h2-9,14H,1H3,(H,22,23)/b19-17-. The van der Waals surface area contributed by atoms with E-state index < -0.39 is 18.2 Å². The van der Waals surface area contributed by atoms with Gasteiger partial charge in [-0.25, -0.2) is 9.18 Å². The van der Waals surface area contributed by atoms with Crippen LogP contribution in [0.1, 0.15) is 22.2 Å². The Hall–Kier alpha value is -2.80. The van der Waals surface area contributed by atoms with E-state index in [0.29, 0.717) is 15.8 Å². The molecule has 1 unspecified atom stereocenters. The van der Waals surface area contributed by atoms with E-state index in [1.54, 1.807) is 48.5 Å². The number of carboxylic acid groups (broad SMARTS) is 1. The van der Waals surface area contributed by atoms with Crippen LogP contribution in [0, 0.1) is 6.92 Å². The third kappa shape index (κ3) is 2.98. The van der Waals surface area contributed by atoms with E-state index in [4.69, 9.17) is 5.11 Å². The number of rotatable bonds is 3. The Labute approximate surface area is 140 Å². The molecule has 3 rings (SSSR count). The lowest BCUT2D eigenvalue weighted by Gasteiger charge is -2.06. The largest absolute Gasteiger partial charge is 0.478 e. The molecule has 0 fully saturated rings. The highest BCUT2D eigenvalue weighted by Crippen LogP contribution is 2.21. The number of carbonyl (C=O) groups is 2. The highest BCUT2D eigenvalue weighted by Gasteiger charge is 2.22. The smallest absolute Gasteiger partial charge is 0.360 e. The number of carboxylic acids is 1. The normalized spacial score (nSPS) is 13.2.